The fourth-order valence-electron chi connectivity index (χ4n) is 3.93. The second-order valence-corrected chi connectivity index (χ2v) is 7.34. The highest BCUT2D eigenvalue weighted by atomic mass is 15.3. The Labute approximate surface area is 163 Å². The first-order chi connectivity index (χ1) is 13.8. The maximum absolute atomic E-state index is 6.23. The summed E-state index contributed by atoms with van der Waals surface area (Å²) in [5, 5.41) is 4.19. The first-order valence-electron chi connectivity index (χ1n) is 9.68. The van der Waals surface area contributed by atoms with Gasteiger partial charge in [0.1, 0.15) is 12.7 Å². The molecular formula is C21H23N7. The molecule has 142 valence electrons. The van der Waals surface area contributed by atoms with E-state index < -0.39 is 0 Å². The summed E-state index contributed by atoms with van der Waals surface area (Å²) in [6, 6.07) is 16.9. The van der Waals surface area contributed by atoms with Crippen LogP contribution < -0.4 is 10.6 Å². The highest BCUT2D eigenvalue weighted by Crippen LogP contribution is 2.26. The van der Waals surface area contributed by atoms with Gasteiger partial charge in [-0.1, -0.05) is 24.3 Å². The van der Waals surface area contributed by atoms with E-state index in [0.717, 1.165) is 55.1 Å². The third-order valence-electron chi connectivity index (χ3n) is 5.34. The summed E-state index contributed by atoms with van der Waals surface area (Å²) >= 11 is 0. The molecule has 28 heavy (non-hydrogen) atoms. The molecule has 2 aromatic carbocycles. The average molecular weight is 373 g/mol. The van der Waals surface area contributed by atoms with Crippen molar-refractivity contribution in [2.45, 2.75) is 25.4 Å². The summed E-state index contributed by atoms with van der Waals surface area (Å²) in [6.45, 7) is 2.62. The molecule has 7 nitrogen and oxygen atoms in total. The number of hydrogen-bond donors (Lipinski definition) is 1. The molecule has 0 amide bonds. The van der Waals surface area contributed by atoms with E-state index in [1.54, 1.807) is 17.3 Å². The Morgan fingerprint density at radius 1 is 1.07 bits per heavy atom. The lowest BCUT2D eigenvalue weighted by atomic mass is 10.1. The lowest BCUT2D eigenvalue weighted by Gasteiger charge is -2.32. The number of rotatable bonds is 4. The molecule has 3 heterocycles. The first kappa shape index (κ1) is 16.9. The summed E-state index contributed by atoms with van der Waals surface area (Å²) in [7, 11) is 0. The summed E-state index contributed by atoms with van der Waals surface area (Å²) in [5.74, 6) is 1.01. The van der Waals surface area contributed by atoms with Gasteiger partial charge in [-0.05, 0) is 42.7 Å². The van der Waals surface area contributed by atoms with Crippen molar-refractivity contribution in [3.05, 3.63) is 66.7 Å². The molecule has 2 aromatic heterocycles. The fraction of sp³-hybridized carbons (Fsp3) is 0.286. The summed E-state index contributed by atoms with van der Waals surface area (Å²) in [4.78, 5) is 11.3. The van der Waals surface area contributed by atoms with E-state index in [1.165, 1.54) is 5.56 Å². The Balaban J connectivity index is 1.50. The average Bonchev–Trinajstić information content (AvgIpc) is 3.38. The van der Waals surface area contributed by atoms with E-state index in [1.807, 2.05) is 6.07 Å². The number of benzene rings is 2. The molecule has 2 N–H and O–H groups in total. The minimum absolute atomic E-state index is 0.212. The molecule has 1 aliphatic rings. The fourth-order valence-corrected chi connectivity index (χ4v) is 3.93. The minimum Gasteiger partial charge on any atom is -0.341 e. The molecule has 0 radical (unpaired) electrons. The molecule has 0 spiro atoms. The number of para-hydroxylation sites is 2. The lowest BCUT2D eigenvalue weighted by Crippen LogP contribution is -2.44. The highest BCUT2D eigenvalue weighted by Gasteiger charge is 2.22. The number of hydrogen-bond acceptors (Lipinski definition) is 5. The van der Waals surface area contributed by atoms with E-state index in [-0.39, 0.29) is 6.04 Å². The number of nitrogens with two attached hydrogens (primary N) is 1. The van der Waals surface area contributed by atoms with Gasteiger partial charge in [-0.25, -0.2) is 14.6 Å². The van der Waals surface area contributed by atoms with Crippen LogP contribution in [0, 0.1) is 0 Å². The molecule has 1 atom stereocenters. The number of piperidine rings is 1. The van der Waals surface area contributed by atoms with Crippen LogP contribution >= 0.6 is 0 Å². The van der Waals surface area contributed by atoms with Crippen molar-refractivity contribution in [2.24, 2.45) is 5.73 Å². The third-order valence-corrected chi connectivity index (χ3v) is 5.34. The Morgan fingerprint density at radius 2 is 1.93 bits per heavy atom. The van der Waals surface area contributed by atoms with Crippen molar-refractivity contribution in [3.8, 4) is 5.69 Å². The van der Waals surface area contributed by atoms with E-state index in [9.17, 15) is 0 Å². The van der Waals surface area contributed by atoms with Crippen molar-refractivity contribution in [2.75, 3.05) is 18.0 Å². The molecule has 4 aromatic rings. The van der Waals surface area contributed by atoms with Crippen LogP contribution in [0.2, 0.25) is 0 Å². The molecule has 1 aliphatic heterocycles. The zero-order chi connectivity index (χ0) is 18.9. The number of imidazole rings is 1. The standard InChI is InChI=1S/C21H23N7/c22-17-4-3-11-26(13-17)21-25-19-5-1-2-6-20(19)27(21)12-16-7-9-18(10-8-16)28-15-23-14-24-28/h1-2,5-10,14-15,17H,3-4,11-13,22H2/t17-/m1/s1. The van der Waals surface area contributed by atoms with Crippen molar-refractivity contribution >= 4 is 17.0 Å². The van der Waals surface area contributed by atoms with Crippen molar-refractivity contribution in [1.82, 2.24) is 24.3 Å². The largest absolute Gasteiger partial charge is 0.341 e. The molecule has 0 saturated carbocycles. The number of anilines is 1. The maximum atomic E-state index is 6.23. The van der Waals surface area contributed by atoms with E-state index >= 15 is 0 Å². The van der Waals surface area contributed by atoms with Crippen LogP contribution in [0.3, 0.4) is 0 Å². The van der Waals surface area contributed by atoms with Gasteiger partial charge in [-0.2, -0.15) is 5.10 Å². The van der Waals surface area contributed by atoms with Crippen LogP contribution in [0.25, 0.3) is 16.7 Å². The van der Waals surface area contributed by atoms with Crippen molar-refractivity contribution in [1.29, 1.82) is 0 Å². The van der Waals surface area contributed by atoms with Gasteiger partial charge < -0.3 is 15.2 Å². The molecular weight excluding hydrogens is 350 g/mol. The van der Waals surface area contributed by atoms with Gasteiger partial charge in [-0.15, -0.1) is 0 Å². The van der Waals surface area contributed by atoms with Crippen molar-refractivity contribution < 1.29 is 0 Å². The van der Waals surface area contributed by atoms with Gasteiger partial charge in [0, 0.05) is 19.1 Å². The molecule has 1 saturated heterocycles. The predicted molar refractivity (Wildman–Crippen MR) is 110 cm³/mol. The van der Waals surface area contributed by atoms with E-state index in [2.05, 4.69) is 62.0 Å². The molecule has 0 bridgehead atoms. The maximum Gasteiger partial charge on any atom is 0.206 e. The monoisotopic (exact) mass is 373 g/mol. The smallest absolute Gasteiger partial charge is 0.206 e. The second-order valence-electron chi connectivity index (χ2n) is 7.34. The molecule has 1 fully saturated rings. The minimum atomic E-state index is 0.212. The highest BCUT2D eigenvalue weighted by molar-refractivity contribution is 5.79. The van der Waals surface area contributed by atoms with Gasteiger partial charge in [0.25, 0.3) is 0 Å². The van der Waals surface area contributed by atoms with Gasteiger partial charge in [0.15, 0.2) is 0 Å². The Hall–Kier alpha value is -3.19. The van der Waals surface area contributed by atoms with Gasteiger partial charge in [0.05, 0.1) is 23.3 Å². The molecule has 0 aliphatic carbocycles. The second kappa shape index (κ2) is 7.09. The van der Waals surface area contributed by atoms with Crippen LogP contribution in [0.5, 0.6) is 0 Å². The summed E-state index contributed by atoms with van der Waals surface area (Å²) in [6.07, 6.45) is 5.44. The zero-order valence-electron chi connectivity index (χ0n) is 15.6. The SMILES string of the molecule is N[C@@H]1CCCN(c2nc3ccccc3n2Cc2ccc(-n3cncn3)cc2)C1. The molecule has 7 heteroatoms. The molecule has 5 rings (SSSR count). The van der Waals surface area contributed by atoms with Crippen LogP contribution in [0.1, 0.15) is 18.4 Å². The Bertz CT molecular complexity index is 1070. The topological polar surface area (TPSA) is 77.8 Å². The van der Waals surface area contributed by atoms with Crippen LogP contribution in [-0.2, 0) is 6.54 Å². The van der Waals surface area contributed by atoms with Gasteiger partial charge in [-0.3, -0.25) is 0 Å². The summed E-state index contributed by atoms with van der Waals surface area (Å²) in [5.41, 5.74) is 10.6. The normalized spacial score (nSPS) is 17.3. The number of aromatic nitrogens is 5. The Kier molecular flexibility index (Phi) is 4.29. The van der Waals surface area contributed by atoms with Crippen LogP contribution in [0.15, 0.2) is 61.2 Å². The van der Waals surface area contributed by atoms with Gasteiger partial charge in [0.2, 0.25) is 5.95 Å². The van der Waals surface area contributed by atoms with Gasteiger partial charge >= 0.3 is 0 Å². The quantitative estimate of drug-likeness (QED) is 0.595. The number of fused-ring (bicyclic) bond motifs is 1. The third kappa shape index (κ3) is 3.14. The van der Waals surface area contributed by atoms with Crippen LogP contribution in [-0.4, -0.2) is 43.4 Å². The number of nitrogens with zero attached hydrogens (tertiary/aromatic N) is 6. The predicted octanol–water partition coefficient (Wildman–Crippen LogP) is 2.59. The van der Waals surface area contributed by atoms with E-state index in [0.29, 0.717) is 0 Å². The van der Waals surface area contributed by atoms with Crippen LogP contribution in [0.4, 0.5) is 5.95 Å². The molecule has 0 unspecified atom stereocenters. The Morgan fingerprint density at radius 3 is 2.71 bits per heavy atom. The lowest BCUT2D eigenvalue weighted by molar-refractivity contribution is 0.495. The zero-order valence-corrected chi connectivity index (χ0v) is 15.6. The van der Waals surface area contributed by atoms with E-state index in [4.69, 9.17) is 10.7 Å². The summed E-state index contributed by atoms with van der Waals surface area (Å²) < 4.78 is 4.06. The first-order valence-corrected chi connectivity index (χ1v) is 9.68. The van der Waals surface area contributed by atoms with Crippen molar-refractivity contribution in [3.63, 3.8) is 0 Å².